The van der Waals surface area contributed by atoms with E-state index in [0.717, 1.165) is 38.8 Å². The molecule has 1 amide bonds. The Bertz CT molecular complexity index is 644. The van der Waals surface area contributed by atoms with E-state index in [-0.39, 0.29) is 23.8 Å². The van der Waals surface area contributed by atoms with Gasteiger partial charge in [-0.15, -0.1) is 0 Å². The second-order valence-corrected chi connectivity index (χ2v) is 7.80. The number of carbonyl (C=O) groups is 2. The molecule has 1 aromatic rings. The summed E-state index contributed by atoms with van der Waals surface area (Å²) < 4.78 is 0. The lowest BCUT2D eigenvalue weighted by molar-refractivity contribution is -0.143. The molecule has 0 aromatic heterocycles. The summed E-state index contributed by atoms with van der Waals surface area (Å²) in [5, 5.41) is 9.52. The molecule has 1 aromatic carbocycles. The first-order valence-corrected chi connectivity index (χ1v) is 9.43. The molecule has 0 radical (unpaired) electrons. The lowest BCUT2D eigenvalue weighted by atomic mass is 9.92. The Balaban J connectivity index is 1.43. The van der Waals surface area contributed by atoms with Crippen LogP contribution < -0.4 is 0 Å². The molecule has 134 valence electrons. The number of hydrogen-bond donors (Lipinski definition) is 1. The molecule has 4 rings (SSSR count). The van der Waals surface area contributed by atoms with Crippen LogP contribution in [0.3, 0.4) is 0 Å². The molecule has 25 heavy (non-hydrogen) atoms. The zero-order chi connectivity index (χ0) is 17.4. The van der Waals surface area contributed by atoms with Gasteiger partial charge < -0.3 is 10.0 Å². The number of carboxylic acids is 1. The summed E-state index contributed by atoms with van der Waals surface area (Å²) in [6.45, 7) is 2.76. The van der Waals surface area contributed by atoms with Gasteiger partial charge in [-0.25, -0.2) is 0 Å². The fourth-order valence-corrected chi connectivity index (χ4v) is 4.60. The van der Waals surface area contributed by atoms with Gasteiger partial charge in [0.1, 0.15) is 0 Å². The normalized spacial score (nSPS) is 29.9. The van der Waals surface area contributed by atoms with Crippen LogP contribution in [0.25, 0.3) is 0 Å². The number of carboxylic acid groups (broad SMARTS) is 1. The standard InChI is InChI=1S/C20H26N2O3/c23-19(22-12-16(15-8-9-15)17(13-22)20(24)25)18-7-4-10-21(18)11-14-5-2-1-3-6-14/h1-3,5-6,15-18H,4,7-13H2,(H,24,25)/t16-,17+,18?/m1/s1. The lowest BCUT2D eigenvalue weighted by Gasteiger charge is -2.28. The van der Waals surface area contributed by atoms with Gasteiger partial charge in [0.2, 0.25) is 5.91 Å². The van der Waals surface area contributed by atoms with Crippen molar-refractivity contribution in [2.24, 2.45) is 17.8 Å². The molecular formula is C20H26N2O3. The van der Waals surface area contributed by atoms with Crippen molar-refractivity contribution < 1.29 is 14.7 Å². The smallest absolute Gasteiger partial charge is 0.308 e. The summed E-state index contributed by atoms with van der Waals surface area (Å²) in [7, 11) is 0. The van der Waals surface area contributed by atoms with E-state index < -0.39 is 5.97 Å². The van der Waals surface area contributed by atoms with Gasteiger partial charge in [-0.3, -0.25) is 14.5 Å². The fourth-order valence-electron chi connectivity index (χ4n) is 4.60. The molecule has 3 aliphatic rings. The SMILES string of the molecule is O=C(O)[C@H]1CN(C(=O)C2CCCN2Cc2ccccc2)C[C@@H]1C1CC1. The van der Waals surface area contributed by atoms with Gasteiger partial charge in [-0.2, -0.15) is 0 Å². The third-order valence-electron chi connectivity index (χ3n) is 6.10. The summed E-state index contributed by atoms with van der Waals surface area (Å²) >= 11 is 0. The van der Waals surface area contributed by atoms with E-state index in [1.54, 1.807) is 0 Å². The number of nitrogens with zero attached hydrogens (tertiary/aromatic N) is 2. The molecule has 5 nitrogen and oxygen atoms in total. The highest BCUT2D eigenvalue weighted by Crippen LogP contribution is 2.44. The van der Waals surface area contributed by atoms with Crippen LogP contribution >= 0.6 is 0 Å². The van der Waals surface area contributed by atoms with Crippen molar-refractivity contribution in [1.29, 1.82) is 0 Å². The molecule has 5 heteroatoms. The van der Waals surface area contributed by atoms with Gasteiger partial charge in [-0.05, 0) is 49.6 Å². The van der Waals surface area contributed by atoms with Crippen molar-refractivity contribution >= 4 is 11.9 Å². The lowest BCUT2D eigenvalue weighted by Crippen LogP contribution is -2.44. The molecule has 3 atom stereocenters. The Kier molecular flexibility index (Phi) is 4.50. The summed E-state index contributed by atoms with van der Waals surface area (Å²) in [6, 6.07) is 10.2. The second kappa shape index (κ2) is 6.79. The van der Waals surface area contributed by atoms with Crippen LogP contribution in [0.15, 0.2) is 30.3 Å². The van der Waals surface area contributed by atoms with E-state index in [9.17, 15) is 14.7 Å². The first kappa shape index (κ1) is 16.6. The minimum atomic E-state index is -0.736. The Hall–Kier alpha value is -1.88. The van der Waals surface area contributed by atoms with Gasteiger partial charge in [0.25, 0.3) is 0 Å². The van der Waals surface area contributed by atoms with Crippen molar-refractivity contribution in [2.45, 2.75) is 38.3 Å². The molecule has 1 N–H and O–H groups in total. The van der Waals surface area contributed by atoms with Crippen LogP contribution in [0, 0.1) is 17.8 Å². The van der Waals surface area contributed by atoms with Gasteiger partial charge in [0.15, 0.2) is 0 Å². The highest BCUT2D eigenvalue weighted by molar-refractivity contribution is 5.84. The quantitative estimate of drug-likeness (QED) is 0.891. The number of carbonyl (C=O) groups excluding carboxylic acids is 1. The van der Waals surface area contributed by atoms with Crippen LogP contribution in [-0.4, -0.2) is 52.5 Å². The molecule has 2 saturated heterocycles. The van der Waals surface area contributed by atoms with Crippen molar-refractivity contribution in [1.82, 2.24) is 9.80 Å². The van der Waals surface area contributed by atoms with Crippen molar-refractivity contribution in [3.8, 4) is 0 Å². The fraction of sp³-hybridized carbons (Fsp3) is 0.600. The number of amides is 1. The maximum absolute atomic E-state index is 13.1. The summed E-state index contributed by atoms with van der Waals surface area (Å²) in [5.74, 6) is -0.295. The van der Waals surface area contributed by atoms with E-state index in [4.69, 9.17) is 0 Å². The minimum Gasteiger partial charge on any atom is -0.481 e. The average Bonchev–Trinajstić information content (AvgIpc) is 3.18. The van der Waals surface area contributed by atoms with Gasteiger partial charge in [0.05, 0.1) is 12.0 Å². The van der Waals surface area contributed by atoms with Gasteiger partial charge in [0, 0.05) is 19.6 Å². The maximum Gasteiger partial charge on any atom is 0.308 e. The number of benzene rings is 1. The topological polar surface area (TPSA) is 60.9 Å². The van der Waals surface area contributed by atoms with E-state index in [1.165, 1.54) is 5.56 Å². The van der Waals surface area contributed by atoms with E-state index in [1.807, 2.05) is 23.1 Å². The monoisotopic (exact) mass is 342 g/mol. The van der Waals surface area contributed by atoms with E-state index >= 15 is 0 Å². The summed E-state index contributed by atoms with van der Waals surface area (Å²) in [5.41, 5.74) is 1.22. The number of rotatable bonds is 5. The molecule has 1 saturated carbocycles. The molecule has 2 heterocycles. The summed E-state index contributed by atoms with van der Waals surface area (Å²) in [6.07, 6.45) is 4.17. The minimum absolute atomic E-state index is 0.0902. The Morgan fingerprint density at radius 3 is 2.52 bits per heavy atom. The largest absolute Gasteiger partial charge is 0.481 e. The van der Waals surface area contributed by atoms with Crippen molar-refractivity contribution in [3.05, 3.63) is 35.9 Å². The predicted molar refractivity (Wildman–Crippen MR) is 93.8 cm³/mol. The third-order valence-corrected chi connectivity index (χ3v) is 6.10. The highest BCUT2D eigenvalue weighted by atomic mass is 16.4. The summed E-state index contributed by atoms with van der Waals surface area (Å²) in [4.78, 5) is 28.8. The number of likely N-dealkylation sites (tertiary alicyclic amines) is 2. The van der Waals surface area contributed by atoms with Crippen molar-refractivity contribution in [2.75, 3.05) is 19.6 Å². The highest BCUT2D eigenvalue weighted by Gasteiger charge is 2.48. The average molecular weight is 342 g/mol. The van der Waals surface area contributed by atoms with E-state index in [2.05, 4.69) is 17.0 Å². The van der Waals surface area contributed by atoms with Gasteiger partial charge >= 0.3 is 5.97 Å². The van der Waals surface area contributed by atoms with E-state index in [0.29, 0.717) is 19.0 Å². The molecular weight excluding hydrogens is 316 g/mol. The third kappa shape index (κ3) is 3.43. The Morgan fingerprint density at radius 1 is 1.08 bits per heavy atom. The van der Waals surface area contributed by atoms with Crippen LogP contribution in [0.2, 0.25) is 0 Å². The molecule has 0 spiro atoms. The van der Waals surface area contributed by atoms with Crippen LogP contribution in [-0.2, 0) is 16.1 Å². The molecule has 3 fully saturated rings. The molecule has 0 bridgehead atoms. The zero-order valence-corrected chi connectivity index (χ0v) is 14.5. The Morgan fingerprint density at radius 2 is 1.84 bits per heavy atom. The van der Waals surface area contributed by atoms with Crippen LogP contribution in [0.5, 0.6) is 0 Å². The molecule has 1 unspecified atom stereocenters. The maximum atomic E-state index is 13.1. The first-order valence-electron chi connectivity index (χ1n) is 9.43. The number of hydrogen-bond acceptors (Lipinski definition) is 3. The number of aliphatic carboxylic acids is 1. The Labute approximate surface area is 148 Å². The molecule has 1 aliphatic carbocycles. The van der Waals surface area contributed by atoms with Crippen LogP contribution in [0.4, 0.5) is 0 Å². The van der Waals surface area contributed by atoms with Gasteiger partial charge in [-0.1, -0.05) is 30.3 Å². The predicted octanol–water partition coefficient (Wildman–Crippen LogP) is 2.22. The second-order valence-electron chi connectivity index (χ2n) is 7.80. The van der Waals surface area contributed by atoms with Crippen LogP contribution in [0.1, 0.15) is 31.2 Å². The first-order chi connectivity index (χ1) is 12.1. The molecule has 2 aliphatic heterocycles. The van der Waals surface area contributed by atoms with Crippen molar-refractivity contribution in [3.63, 3.8) is 0 Å². The zero-order valence-electron chi connectivity index (χ0n) is 14.5.